The third kappa shape index (κ3) is 7.85. The van der Waals surface area contributed by atoms with Crippen molar-refractivity contribution < 1.29 is 14.6 Å². The molecular weight excluding hydrogens is 507 g/mol. The van der Waals surface area contributed by atoms with Gasteiger partial charge in [0.15, 0.2) is 0 Å². The van der Waals surface area contributed by atoms with Gasteiger partial charge < -0.3 is 15.3 Å². The molecule has 3 atom stereocenters. The highest BCUT2D eigenvalue weighted by Gasteiger charge is 2.23. The Morgan fingerprint density at radius 3 is 2.50 bits per heavy atom. The molecular formula is C18H23Cl2INO3P. The van der Waals surface area contributed by atoms with E-state index in [1.807, 2.05) is 55.5 Å². The molecule has 144 valence electrons. The van der Waals surface area contributed by atoms with Crippen LogP contribution in [0.3, 0.4) is 0 Å². The zero-order valence-corrected chi connectivity index (χ0v) is 18.9. The van der Waals surface area contributed by atoms with Crippen LogP contribution in [0.25, 0.3) is 0 Å². The molecule has 2 aromatic carbocycles. The first kappa shape index (κ1) is 23.9. The van der Waals surface area contributed by atoms with Crippen LogP contribution in [0.4, 0.5) is 0 Å². The molecule has 0 aliphatic rings. The Bertz CT molecular complexity index is 748. The molecule has 0 saturated heterocycles. The number of aliphatic hydroxyl groups is 1. The molecule has 0 saturated carbocycles. The number of hydrogen-bond donors (Lipinski definition) is 3. The predicted molar refractivity (Wildman–Crippen MR) is 119 cm³/mol. The molecule has 0 fully saturated rings. The quantitative estimate of drug-likeness (QED) is 0.338. The lowest BCUT2D eigenvalue weighted by molar-refractivity contribution is 0.186. The molecule has 0 amide bonds. The fraction of sp³-hybridized carbons (Fsp3) is 0.333. The number of rotatable bonds is 8. The molecule has 0 radical (unpaired) electrons. The van der Waals surface area contributed by atoms with E-state index >= 15 is 0 Å². The molecule has 2 rings (SSSR count). The van der Waals surface area contributed by atoms with Crippen molar-refractivity contribution in [1.29, 1.82) is 0 Å². The number of aliphatic hydroxyl groups excluding tert-OH is 1. The van der Waals surface area contributed by atoms with E-state index in [0.29, 0.717) is 5.02 Å². The minimum absolute atomic E-state index is 0. The van der Waals surface area contributed by atoms with E-state index in [0.717, 1.165) is 14.7 Å². The third-order valence-electron chi connectivity index (χ3n) is 3.87. The summed E-state index contributed by atoms with van der Waals surface area (Å²) in [5.74, 6) is 0. The second kappa shape index (κ2) is 11.0. The van der Waals surface area contributed by atoms with Crippen LogP contribution in [-0.2, 0) is 10.7 Å². The van der Waals surface area contributed by atoms with Crippen LogP contribution in [0.5, 0.6) is 0 Å². The van der Waals surface area contributed by atoms with Gasteiger partial charge in [-0.1, -0.05) is 48.0 Å². The summed E-state index contributed by atoms with van der Waals surface area (Å²) in [6.45, 7) is 2.21. The lowest BCUT2D eigenvalue weighted by Crippen LogP contribution is -2.31. The Balaban J connectivity index is 0.00000338. The molecule has 2 unspecified atom stereocenters. The van der Waals surface area contributed by atoms with Crippen LogP contribution in [-0.4, -0.2) is 28.8 Å². The van der Waals surface area contributed by atoms with Crippen LogP contribution in [0.1, 0.15) is 24.1 Å². The highest BCUT2D eigenvalue weighted by atomic mass is 127. The highest BCUT2D eigenvalue weighted by Crippen LogP contribution is 2.44. The largest absolute Gasteiger partial charge is 0.391 e. The summed E-state index contributed by atoms with van der Waals surface area (Å²) >= 11 is 8.30. The zero-order valence-electron chi connectivity index (χ0n) is 14.3. The summed E-state index contributed by atoms with van der Waals surface area (Å²) in [6, 6.07) is 15.0. The smallest absolute Gasteiger partial charge is 0.207 e. The van der Waals surface area contributed by atoms with Gasteiger partial charge in [0.2, 0.25) is 7.37 Å². The van der Waals surface area contributed by atoms with Gasteiger partial charge in [-0.2, -0.15) is 0 Å². The fourth-order valence-corrected chi connectivity index (χ4v) is 4.76. The van der Waals surface area contributed by atoms with Gasteiger partial charge in [0.1, 0.15) is 0 Å². The van der Waals surface area contributed by atoms with E-state index in [9.17, 15) is 14.6 Å². The Morgan fingerprint density at radius 2 is 1.88 bits per heavy atom. The number of halogens is 3. The van der Waals surface area contributed by atoms with Crippen molar-refractivity contribution in [2.45, 2.75) is 25.2 Å². The van der Waals surface area contributed by atoms with Gasteiger partial charge in [-0.3, -0.25) is 4.57 Å². The van der Waals surface area contributed by atoms with Gasteiger partial charge in [0.25, 0.3) is 0 Å². The van der Waals surface area contributed by atoms with Crippen LogP contribution in [0.2, 0.25) is 5.02 Å². The molecule has 4 nitrogen and oxygen atoms in total. The summed E-state index contributed by atoms with van der Waals surface area (Å²) in [4.78, 5) is 10.1. The summed E-state index contributed by atoms with van der Waals surface area (Å²) in [5, 5.41) is 14.0. The van der Waals surface area contributed by atoms with Gasteiger partial charge in [0, 0.05) is 22.3 Å². The molecule has 8 heteroatoms. The lowest BCUT2D eigenvalue weighted by Gasteiger charge is -2.20. The van der Waals surface area contributed by atoms with Gasteiger partial charge in [-0.25, -0.2) is 0 Å². The number of nitrogens with one attached hydrogen (secondary N) is 1. The zero-order chi connectivity index (χ0) is 18.4. The predicted octanol–water partition coefficient (Wildman–Crippen LogP) is 4.85. The minimum Gasteiger partial charge on any atom is -0.391 e. The SMILES string of the molecule is CC(NC[C@H](O)CP(=O)(O)Cc1ccccc1)c1ccc(I)c(Cl)c1.Cl. The van der Waals surface area contributed by atoms with Crippen molar-refractivity contribution in [2.75, 3.05) is 12.7 Å². The van der Waals surface area contributed by atoms with E-state index in [2.05, 4.69) is 27.9 Å². The fourth-order valence-electron chi connectivity index (χ4n) is 2.54. The summed E-state index contributed by atoms with van der Waals surface area (Å²) in [5.41, 5.74) is 1.81. The van der Waals surface area contributed by atoms with E-state index < -0.39 is 13.5 Å². The Morgan fingerprint density at radius 1 is 1.23 bits per heavy atom. The van der Waals surface area contributed by atoms with Crippen LogP contribution in [0, 0.1) is 3.57 Å². The summed E-state index contributed by atoms with van der Waals surface area (Å²) in [7, 11) is -3.43. The van der Waals surface area contributed by atoms with Crippen molar-refractivity contribution in [2.24, 2.45) is 0 Å². The van der Waals surface area contributed by atoms with E-state index in [-0.39, 0.29) is 37.3 Å². The number of benzene rings is 2. The first-order valence-electron chi connectivity index (χ1n) is 7.98. The van der Waals surface area contributed by atoms with Crippen LogP contribution in [0.15, 0.2) is 48.5 Å². The molecule has 3 N–H and O–H groups in total. The van der Waals surface area contributed by atoms with Crippen LogP contribution < -0.4 is 5.32 Å². The van der Waals surface area contributed by atoms with Crippen molar-refractivity contribution in [1.82, 2.24) is 5.32 Å². The maximum Gasteiger partial charge on any atom is 0.207 e. The van der Waals surface area contributed by atoms with Crippen molar-refractivity contribution in [3.63, 3.8) is 0 Å². The molecule has 0 heterocycles. The van der Waals surface area contributed by atoms with E-state index in [1.165, 1.54) is 0 Å². The van der Waals surface area contributed by atoms with Crippen LogP contribution >= 0.6 is 54.0 Å². The first-order valence-corrected chi connectivity index (χ1v) is 11.5. The van der Waals surface area contributed by atoms with E-state index in [1.54, 1.807) is 0 Å². The lowest BCUT2D eigenvalue weighted by atomic mass is 10.1. The Labute approximate surface area is 179 Å². The van der Waals surface area contributed by atoms with Gasteiger partial charge in [-0.05, 0) is 52.8 Å². The molecule has 0 aromatic heterocycles. The molecule has 0 bridgehead atoms. The Hall–Kier alpha value is -0.140. The monoisotopic (exact) mass is 529 g/mol. The standard InChI is InChI=1S/C18H22ClINO3P.ClH/c1-13(15-7-8-18(20)17(19)9-15)21-10-16(22)12-25(23,24)11-14-5-3-2-4-6-14;/h2-9,13,16,21-22H,10-12H2,1H3,(H,23,24);1H/t13?,16-;/m0./s1. The molecule has 0 spiro atoms. The Kier molecular flexibility index (Phi) is 10.1. The number of hydrogen-bond acceptors (Lipinski definition) is 3. The van der Waals surface area contributed by atoms with Crippen molar-refractivity contribution >= 4 is 54.0 Å². The normalized spacial score (nSPS) is 15.6. The first-order chi connectivity index (χ1) is 11.8. The second-order valence-electron chi connectivity index (χ2n) is 6.13. The van der Waals surface area contributed by atoms with Gasteiger partial charge in [0.05, 0.1) is 17.3 Å². The van der Waals surface area contributed by atoms with Crippen molar-refractivity contribution in [3.05, 3.63) is 68.3 Å². The maximum atomic E-state index is 12.3. The van der Waals surface area contributed by atoms with Gasteiger partial charge in [-0.15, -0.1) is 12.4 Å². The molecule has 0 aliphatic heterocycles. The molecule has 26 heavy (non-hydrogen) atoms. The van der Waals surface area contributed by atoms with E-state index in [4.69, 9.17) is 11.6 Å². The highest BCUT2D eigenvalue weighted by molar-refractivity contribution is 14.1. The van der Waals surface area contributed by atoms with Gasteiger partial charge >= 0.3 is 0 Å². The second-order valence-corrected chi connectivity index (χ2v) is 10.1. The summed E-state index contributed by atoms with van der Waals surface area (Å²) < 4.78 is 13.3. The van der Waals surface area contributed by atoms with Crippen molar-refractivity contribution in [3.8, 4) is 0 Å². The average molecular weight is 530 g/mol. The minimum atomic E-state index is -3.43. The third-order valence-corrected chi connectivity index (χ3v) is 7.30. The topological polar surface area (TPSA) is 69.6 Å². The maximum absolute atomic E-state index is 12.3. The molecule has 2 aromatic rings. The molecule has 0 aliphatic carbocycles. The summed E-state index contributed by atoms with van der Waals surface area (Å²) in [6.07, 6.45) is -0.941. The average Bonchev–Trinajstić information content (AvgIpc) is 2.55.